The van der Waals surface area contributed by atoms with Gasteiger partial charge in [0.05, 0.1) is 0 Å². The van der Waals surface area contributed by atoms with Crippen molar-refractivity contribution in [2.45, 2.75) is 62.8 Å². The zero-order valence-corrected chi connectivity index (χ0v) is 11.6. The van der Waals surface area contributed by atoms with Crippen LogP contribution < -0.4 is 5.73 Å². The van der Waals surface area contributed by atoms with Crippen molar-refractivity contribution >= 4 is 11.8 Å². The van der Waals surface area contributed by atoms with Gasteiger partial charge in [-0.3, -0.25) is 4.90 Å². The first kappa shape index (κ1) is 12.7. The lowest BCUT2D eigenvalue weighted by atomic mass is 9.90. The molecule has 1 heterocycles. The standard InChI is InChI=1S/C13H26N2S/c1-13(2)7-8-15(9-10-16-13)12-5-3-11(14)4-6-12/h11-12H,3-10,14H2,1-2H3. The van der Waals surface area contributed by atoms with Gasteiger partial charge in [0, 0.05) is 29.1 Å². The monoisotopic (exact) mass is 242 g/mol. The third kappa shape index (κ3) is 3.38. The molecule has 1 aliphatic carbocycles. The molecule has 1 saturated heterocycles. The van der Waals surface area contributed by atoms with Crippen LogP contribution in [0.1, 0.15) is 46.0 Å². The summed E-state index contributed by atoms with van der Waals surface area (Å²) < 4.78 is 0.486. The summed E-state index contributed by atoms with van der Waals surface area (Å²) in [4.78, 5) is 2.73. The van der Waals surface area contributed by atoms with E-state index in [1.54, 1.807) is 0 Å². The minimum absolute atomic E-state index is 0.481. The number of hydrogen-bond acceptors (Lipinski definition) is 3. The lowest BCUT2D eigenvalue weighted by Gasteiger charge is -2.35. The zero-order valence-electron chi connectivity index (χ0n) is 10.7. The van der Waals surface area contributed by atoms with Crippen LogP contribution in [0, 0.1) is 0 Å². The van der Waals surface area contributed by atoms with Gasteiger partial charge in [0.25, 0.3) is 0 Å². The van der Waals surface area contributed by atoms with Crippen molar-refractivity contribution in [3.8, 4) is 0 Å². The van der Waals surface area contributed by atoms with Gasteiger partial charge in [-0.05, 0) is 38.6 Å². The SMILES string of the molecule is CC1(C)CCN(C2CCC(N)CC2)CCS1. The normalized spacial score (nSPS) is 36.9. The third-order valence-corrected chi connectivity index (χ3v) is 5.50. The molecule has 2 nitrogen and oxygen atoms in total. The van der Waals surface area contributed by atoms with Gasteiger partial charge in [0.1, 0.15) is 0 Å². The van der Waals surface area contributed by atoms with E-state index < -0.39 is 0 Å². The number of hydrogen-bond donors (Lipinski definition) is 1. The van der Waals surface area contributed by atoms with E-state index in [1.807, 2.05) is 0 Å². The largest absolute Gasteiger partial charge is 0.328 e. The van der Waals surface area contributed by atoms with Crippen molar-refractivity contribution in [3.63, 3.8) is 0 Å². The van der Waals surface area contributed by atoms with Crippen molar-refractivity contribution in [1.29, 1.82) is 0 Å². The highest BCUT2D eigenvalue weighted by molar-refractivity contribution is 8.00. The van der Waals surface area contributed by atoms with Crippen molar-refractivity contribution in [3.05, 3.63) is 0 Å². The Labute approximate surface area is 104 Å². The summed E-state index contributed by atoms with van der Waals surface area (Å²) in [6.45, 7) is 7.35. The summed E-state index contributed by atoms with van der Waals surface area (Å²) in [6.07, 6.45) is 6.45. The number of nitrogens with zero attached hydrogens (tertiary/aromatic N) is 1. The maximum absolute atomic E-state index is 5.98. The average Bonchev–Trinajstić information content (AvgIpc) is 2.41. The van der Waals surface area contributed by atoms with Gasteiger partial charge >= 0.3 is 0 Å². The lowest BCUT2D eigenvalue weighted by Crippen LogP contribution is -2.42. The highest BCUT2D eigenvalue weighted by Crippen LogP contribution is 2.33. The molecule has 0 spiro atoms. The summed E-state index contributed by atoms with van der Waals surface area (Å²) in [7, 11) is 0. The summed E-state index contributed by atoms with van der Waals surface area (Å²) in [5, 5.41) is 0. The zero-order chi connectivity index (χ0) is 11.6. The van der Waals surface area contributed by atoms with E-state index >= 15 is 0 Å². The Morgan fingerprint density at radius 3 is 2.50 bits per heavy atom. The molecule has 0 unspecified atom stereocenters. The summed E-state index contributed by atoms with van der Waals surface area (Å²) in [5.74, 6) is 1.30. The molecular formula is C13H26N2S. The molecule has 0 radical (unpaired) electrons. The van der Waals surface area contributed by atoms with E-state index in [1.165, 1.54) is 50.9 Å². The van der Waals surface area contributed by atoms with Gasteiger partial charge in [0.15, 0.2) is 0 Å². The number of thioether (sulfide) groups is 1. The van der Waals surface area contributed by atoms with Gasteiger partial charge in [-0.2, -0.15) is 11.8 Å². The van der Waals surface area contributed by atoms with Crippen LogP contribution in [0.3, 0.4) is 0 Å². The fourth-order valence-electron chi connectivity index (χ4n) is 2.87. The summed E-state index contributed by atoms with van der Waals surface area (Å²) in [5.41, 5.74) is 5.98. The second kappa shape index (κ2) is 5.28. The molecule has 0 aromatic heterocycles. The molecule has 3 heteroatoms. The van der Waals surface area contributed by atoms with Crippen LogP contribution in [0.4, 0.5) is 0 Å². The van der Waals surface area contributed by atoms with Gasteiger partial charge in [-0.15, -0.1) is 0 Å². The Morgan fingerprint density at radius 2 is 1.81 bits per heavy atom. The number of nitrogens with two attached hydrogens (primary N) is 1. The van der Waals surface area contributed by atoms with E-state index in [2.05, 4.69) is 30.5 Å². The van der Waals surface area contributed by atoms with E-state index in [0.29, 0.717) is 10.8 Å². The quantitative estimate of drug-likeness (QED) is 0.766. The van der Waals surface area contributed by atoms with Gasteiger partial charge in [-0.25, -0.2) is 0 Å². The van der Waals surface area contributed by atoms with Gasteiger partial charge < -0.3 is 5.73 Å². The Bertz CT molecular complexity index is 222. The van der Waals surface area contributed by atoms with Crippen LogP contribution in [0.25, 0.3) is 0 Å². The molecule has 94 valence electrons. The van der Waals surface area contributed by atoms with Crippen molar-refractivity contribution in [2.24, 2.45) is 5.73 Å². The predicted octanol–water partition coefficient (Wildman–Crippen LogP) is 2.47. The fourth-order valence-corrected chi connectivity index (χ4v) is 3.98. The Balaban J connectivity index is 1.85. The van der Waals surface area contributed by atoms with Crippen LogP contribution in [0.5, 0.6) is 0 Å². The molecule has 0 aromatic carbocycles. The summed E-state index contributed by atoms with van der Waals surface area (Å²) >= 11 is 2.14. The van der Waals surface area contributed by atoms with E-state index in [-0.39, 0.29) is 0 Å². The first-order valence-corrected chi connectivity index (χ1v) is 7.69. The van der Waals surface area contributed by atoms with Crippen LogP contribution in [0.2, 0.25) is 0 Å². The average molecular weight is 242 g/mol. The molecular weight excluding hydrogens is 216 g/mol. The first-order valence-electron chi connectivity index (χ1n) is 6.70. The summed E-state index contributed by atoms with van der Waals surface area (Å²) in [6, 6.07) is 1.31. The highest BCUT2D eigenvalue weighted by atomic mass is 32.2. The topological polar surface area (TPSA) is 29.3 Å². The first-order chi connectivity index (χ1) is 7.57. The molecule has 16 heavy (non-hydrogen) atoms. The van der Waals surface area contributed by atoms with Crippen molar-refractivity contribution in [2.75, 3.05) is 18.8 Å². The molecule has 1 saturated carbocycles. The van der Waals surface area contributed by atoms with E-state index in [4.69, 9.17) is 5.73 Å². The fraction of sp³-hybridized carbons (Fsp3) is 1.00. The molecule has 2 N–H and O–H groups in total. The molecule has 2 rings (SSSR count). The van der Waals surface area contributed by atoms with Gasteiger partial charge in [0.2, 0.25) is 0 Å². The molecule has 2 fully saturated rings. The molecule has 0 amide bonds. The maximum atomic E-state index is 5.98. The molecule has 2 aliphatic rings. The molecule has 0 atom stereocenters. The Hall–Kier alpha value is 0.270. The molecule has 1 aliphatic heterocycles. The van der Waals surface area contributed by atoms with Gasteiger partial charge in [-0.1, -0.05) is 13.8 Å². The Morgan fingerprint density at radius 1 is 1.12 bits per heavy atom. The molecule has 0 bridgehead atoms. The minimum Gasteiger partial charge on any atom is -0.328 e. The van der Waals surface area contributed by atoms with Crippen LogP contribution >= 0.6 is 11.8 Å². The van der Waals surface area contributed by atoms with Crippen LogP contribution in [-0.4, -0.2) is 40.6 Å². The van der Waals surface area contributed by atoms with E-state index in [0.717, 1.165) is 6.04 Å². The van der Waals surface area contributed by atoms with Crippen LogP contribution in [0.15, 0.2) is 0 Å². The van der Waals surface area contributed by atoms with Crippen molar-refractivity contribution < 1.29 is 0 Å². The Kier molecular flexibility index (Phi) is 4.20. The lowest BCUT2D eigenvalue weighted by molar-refractivity contribution is 0.156. The predicted molar refractivity (Wildman–Crippen MR) is 73.0 cm³/mol. The number of rotatable bonds is 1. The highest BCUT2D eigenvalue weighted by Gasteiger charge is 2.29. The second-order valence-corrected chi connectivity index (χ2v) is 7.76. The van der Waals surface area contributed by atoms with E-state index in [9.17, 15) is 0 Å². The molecule has 0 aromatic rings. The van der Waals surface area contributed by atoms with Crippen molar-refractivity contribution in [1.82, 2.24) is 4.90 Å². The second-order valence-electron chi connectivity index (χ2n) is 5.96. The van der Waals surface area contributed by atoms with Crippen LogP contribution in [-0.2, 0) is 0 Å². The maximum Gasteiger partial charge on any atom is 0.0116 e. The smallest absolute Gasteiger partial charge is 0.0116 e. The minimum atomic E-state index is 0.481. The third-order valence-electron chi connectivity index (χ3n) is 4.13.